The molecule has 0 spiro atoms. The van der Waals surface area contributed by atoms with E-state index in [2.05, 4.69) is 15.3 Å². The van der Waals surface area contributed by atoms with Crippen LogP contribution in [0.15, 0.2) is 30.6 Å². The molecule has 0 aliphatic heterocycles. The number of rotatable bonds is 5. The quantitative estimate of drug-likeness (QED) is 0.513. The summed E-state index contributed by atoms with van der Waals surface area (Å²) in [6.45, 7) is 4.11. The van der Waals surface area contributed by atoms with E-state index in [-0.39, 0.29) is 10.3 Å². The molecule has 0 saturated carbocycles. The van der Waals surface area contributed by atoms with E-state index in [0.29, 0.717) is 33.3 Å². The molecule has 0 radical (unpaired) electrons. The van der Waals surface area contributed by atoms with Crippen molar-refractivity contribution in [1.29, 1.82) is 0 Å². The van der Waals surface area contributed by atoms with Gasteiger partial charge in [0.05, 0.1) is 0 Å². The fourth-order valence-electron chi connectivity index (χ4n) is 2.43. The van der Waals surface area contributed by atoms with Crippen LogP contribution in [0.25, 0.3) is 10.2 Å². The van der Waals surface area contributed by atoms with E-state index in [0.717, 1.165) is 5.56 Å². The standard InChI is InChI=1S/C16H16AsN3O5S/c1-3-25-15-12-9(2)13(26-16(12)19-8-18-15)14(21)20-11-6-4-10(5-7-11)17(22,23)24/h4-8H,3H2,1-2H3,(H,20,21)(H2,22,23,24). The first kappa shape index (κ1) is 18.6. The number of carbonyl (C=O) groups excluding carboxylic acids is 1. The van der Waals surface area contributed by atoms with Gasteiger partial charge in [0.25, 0.3) is 0 Å². The van der Waals surface area contributed by atoms with Crippen molar-refractivity contribution in [3.8, 4) is 5.88 Å². The minimum atomic E-state index is -4.93. The Morgan fingerprint density at radius 1 is 1.27 bits per heavy atom. The number of fused-ring (bicyclic) bond motifs is 1. The average molecular weight is 437 g/mol. The van der Waals surface area contributed by atoms with Gasteiger partial charge in [0, 0.05) is 0 Å². The summed E-state index contributed by atoms with van der Waals surface area (Å²) in [5, 5.41) is 3.44. The Morgan fingerprint density at radius 2 is 1.96 bits per heavy atom. The van der Waals surface area contributed by atoms with Gasteiger partial charge in [0.15, 0.2) is 0 Å². The third-order valence-corrected chi connectivity index (χ3v) is 6.88. The molecule has 0 saturated heterocycles. The van der Waals surface area contributed by atoms with Crippen LogP contribution in [0.4, 0.5) is 5.69 Å². The third kappa shape index (κ3) is 3.66. The summed E-state index contributed by atoms with van der Waals surface area (Å²) < 4.78 is 35.1. The van der Waals surface area contributed by atoms with E-state index in [9.17, 15) is 16.7 Å². The fourth-order valence-corrected chi connectivity index (χ4v) is 4.59. The van der Waals surface area contributed by atoms with Crippen LogP contribution in [-0.4, -0.2) is 44.8 Å². The Labute approximate surface area is 155 Å². The maximum absolute atomic E-state index is 12.6. The van der Waals surface area contributed by atoms with Gasteiger partial charge in [-0.1, -0.05) is 0 Å². The maximum atomic E-state index is 12.6. The van der Waals surface area contributed by atoms with Crippen molar-refractivity contribution in [3.05, 3.63) is 41.0 Å². The van der Waals surface area contributed by atoms with Crippen molar-refractivity contribution in [2.45, 2.75) is 13.8 Å². The third-order valence-electron chi connectivity index (χ3n) is 3.64. The summed E-state index contributed by atoms with van der Waals surface area (Å²) in [5.74, 6) is 0.112. The molecule has 8 nitrogen and oxygen atoms in total. The van der Waals surface area contributed by atoms with Crippen LogP contribution < -0.4 is 14.4 Å². The molecule has 0 unspecified atom stereocenters. The predicted octanol–water partition coefficient (Wildman–Crippen LogP) is 1.21. The van der Waals surface area contributed by atoms with Gasteiger partial charge < -0.3 is 0 Å². The number of benzene rings is 1. The number of amides is 1. The minimum absolute atomic E-state index is 0.0456. The second-order valence-corrected chi connectivity index (χ2v) is 9.76. The topological polar surface area (TPSA) is 122 Å². The molecule has 3 N–H and O–H groups in total. The molecule has 3 aromatic rings. The summed E-state index contributed by atoms with van der Waals surface area (Å²) in [6.07, 6.45) is 1.40. The van der Waals surface area contributed by atoms with E-state index >= 15 is 0 Å². The van der Waals surface area contributed by atoms with Crippen LogP contribution >= 0.6 is 11.3 Å². The molecule has 2 heterocycles. The Bertz CT molecular complexity index is 1010. The van der Waals surface area contributed by atoms with E-state index in [1.807, 2.05) is 6.92 Å². The summed E-state index contributed by atoms with van der Waals surface area (Å²) in [5.41, 5.74) is 1.16. The molecule has 136 valence electrons. The van der Waals surface area contributed by atoms with Gasteiger partial charge in [0.1, 0.15) is 0 Å². The zero-order valence-electron chi connectivity index (χ0n) is 14.0. The molecule has 0 atom stereocenters. The zero-order valence-corrected chi connectivity index (χ0v) is 16.7. The van der Waals surface area contributed by atoms with Crippen molar-refractivity contribution >= 4 is 51.7 Å². The molecular formula is C16H16AsN3O5S. The van der Waals surface area contributed by atoms with Crippen molar-refractivity contribution in [1.82, 2.24) is 9.97 Å². The number of ether oxygens (including phenoxy) is 1. The molecule has 1 aromatic carbocycles. The van der Waals surface area contributed by atoms with Gasteiger partial charge in [-0.15, -0.1) is 0 Å². The molecule has 10 heteroatoms. The first-order valence-electron chi connectivity index (χ1n) is 7.65. The summed E-state index contributed by atoms with van der Waals surface area (Å²) in [6, 6.07) is 5.54. The number of nitrogens with one attached hydrogen (secondary N) is 1. The van der Waals surface area contributed by atoms with E-state index < -0.39 is 14.2 Å². The number of carbonyl (C=O) groups is 1. The zero-order chi connectivity index (χ0) is 18.9. The Balaban J connectivity index is 1.90. The van der Waals surface area contributed by atoms with Gasteiger partial charge in [-0.25, -0.2) is 0 Å². The second kappa shape index (κ2) is 7.20. The molecule has 1 amide bonds. The van der Waals surface area contributed by atoms with Crippen LogP contribution in [0.3, 0.4) is 0 Å². The van der Waals surface area contributed by atoms with E-state index in [1.54, 1.807) is 6.92 Å². The first-order chi connectivity index (χ1) is 12.3. The normalized spacial score (nSPS) is 11.5. The summed E-state index contributed by atoms with van der Waals surface area (Å²) in [7, 11) is 0. The van der Waals surface area contributed by atoms with Gasteiger partial charge in [-0.2, -0.15) is 0 Å². The molecule has 0 fully saturated rings. The molecule has 3 rings (SSSR count). The molecule has 0 aliphatic carbocycles. The van der Waals surface area contributed by atoms with E-state index in [1.165, 1.54) is 41.9 Å². The first-order valence-corrected chi connectivity index (χ1v) is 11.9. The van der Waals surface area contributed by atoms with Crippen molar-refractivity contribution in [2.24, 2.45) is 0 Å². The Hall–Kier alpha value is -2.19. The van der Waals surface area contributed by atoms with Gasteiger partial charge >= 0.3 is 149 Å². The number of aromatic nitrogens is 2. The molecular weight excluding hydrogens is 421 g/mol. The predicted molar refractivity (Wildman–Crippen MR) is 98.2 cm³/mol. The van der Waals surface area contributed by atoms with Gasteiger partial charge in [-0.3, -0.25) is 0 Å². The average Bonchev–Trinajstić information content (AvgIpc) is 2.93. The second-order valence-electron chi connectivity index (χ2n) is 5.39. The summed E-state index contributed by atoms with van der Waals surface area (Å²) in [4.78, 5) is 22.1. The van der Waals surface area contributed by atoms with Crippen LogP contribution in [0.5, 0.6) is 5.88 Å². The van der Waals surface area contributed by atoms with Crippen molar-refractivity contribution in [3.63, 3.8) is 0 Å². The number of thiophene rings is 1. The van der Waals surface area contributed by atoms with Crippen LogP contribution in [0.1, 0.15) is 22.2 Å². The number of anilines is 1. The monoisotopic (exact) mass is 437 g/mol. The number of aryl methyl sites for hydroxylation is 1. The van der Waals surface area contributed by atoms with Crippen molar-refractivity contribution in [2.75, 3.05) is 11.9 Å². The Kier molecular flexibility index (Phi) is 5.15. The number of nitrogens with zero attached hydrogens (tertiary/aromatic N) is 2. The summed E-state index contributed by atoms with van der Waals surface area (Å²) >= 11 is -3.70. The van der Waals surface area contributed by atoms with Gasteiger partial charge in [-0.05, 0) is 6.92 Å². The molecule has 2 aromatic heterocycles. The Morgan fingerprint density at radius 3 is 2.58 bits per heavy atom. The van der Waals surface area contributed by atoms with Crippen LogP contribution in [0, 0.1) is 6.92 Å². The van der Waals surface area contributed by atoms with Gasteiger partial charge in [0.2, 0.25) is 0 Å². The number of hydrogen-bond acceptors (Lipinski definition) is 6. The molecule has 0 aliphatic rings. The van der Waals surface area contributed by atoms with Crippen LogP contribution in [-0.2, 0) is 3.74 Å². The number of hydrogen-bond donors (Lipinski definition) is 3. The van der Waals surface area contributed by atoms with E-state index in [4.69, 9.17) is 4.74 Å². The SMILES string of the molecule is CCOc1ncnc2sc(C(=O)Nc3ccc([As](=O)(O)O)cc3)c(C)c12. The van der Waals surface area contributed by atoms with Crippen LogP contribution in [0.2, 0.25) is 0 Å². The molecule has 0 bridgehead atoms. The fraction of sp³-hybridized carbons (Fsp3) is 0.188. The molecule has 26 heavy (non-hydrogen) atoms. The van der Waals surface area contributed by atoms with Crippen molar-refractivity contribution < 1.29 is 21.5 Å².